The van der Waals surface area contributed by atoms with Crippen LogP contribution in [0.4, 0.5) is 5.69 Å². The summed E-state index contributed by atoms with van der Waals surface area (Å²) < 4.78 is 5.11. The third kappa shape index (κ3) is 3.56. The van der Waals surface area contributed by atoms with Crippen molar-refractivity contribution in [3.8, 4) is 0 Å². The van der Waals surface area contributed by atoms with Crippen LogP contribution in [0.1, 0.15) is 46.0 Å². The molecule has 0 spiro atoms. The summed E-state index contributed by atoms with van der Waals surface area (Å²) in [6.07, 6.45) is 0.712. The Morgan fingerprint density at radius 2 is 1.28 bits per heavy atom. The second-order valence-electron chi connectivity index (χ2n) is 9.99. The number of esters is 1. The quantitative estimate of drug-likeness (QED) is 0.265. The molecular formula is C30H24Cl2N2O5. The van der Waals surface area contributed by atoms with E-state index >= 15 is 0 Å². The second kappa shape index (κ2) is 9.21. The van der Waals surface area contributed by atoms with Crippen molar-refractivity contribution in [3.05, 3.63) is 101 Å². The molecule has 3 aliphatic carbocycles. The van der Waals surface area contributed by atoms with Crippen LogP contribution in [0.3, 0.4) is 0 Å². The number of hydrogen-bond acceptors (Lipinski definition) is 5. The second-order valence-corrected chi connectivity index (χ2v) is 11.2. The van der Waals surface area contributed by atoms with Gasteiger partial charge in [0.2, 0.25) is 17.7 Å². The van der Waals surface area contributed by atoms with Crippen LogP contribution in [0.2, 0.25) is 0 Å². The standard InChI is InChI=1S/C30H24Cl2N2O5/c1-2-15-39-28(38)17-11-13-18(14-12-17)33-23(35)16-34-26(36)24-25(27(34)37)30(32)20-8-4-3-7-19(20)29(24,31)21-9-5-6-10-22(21)30/h3-14,24-25H,2,15-16H2,1H3,(H,33,35)/t24-,25+,29?,30?. The number of rotatable bonds is 6. The summed E-state index contributed by atoms with van der Waals surface area (Å²) in [6, 6.07) is 20.9. The molecule has 1 N–H and O–H groups in total. The van der Waals surface area contributed by atoms with E-state index in [1.165, 1.54) is 12.1 Å². The van der Waals surface area contributed by atoms with E-state index in [9.17, 15) is 19.2 Å². The van der Waals surface area contributed by atoms with Crippen LogP contribution in [0.15, 0.2) is 72.8 Å². The number of hydrogen-bond donors (Lipinski definition) is 1. The van der Waals surface area contributed by atoms with Crippen LogP contribution in [0.25, 0.3) is 0 Å². The molecule has 3 aromatic carbocycles. The predicted molar refractivity (Wildman–Crippen MR) is 145 cm³/mol. The van der Waals surface area contributed by atoms with Crippen molar-refractivity contribution in [1.82, 2.24) is 4.90 Å². The first kappa shape index (κ1) is 25.6. The number of ether oxygens (including phenoxy) is 1. The first-order chi connectivity index (χ1) is 18.7. The molecule has 2 bridgehead atoms. The zero-order valence-corrected chi connectivity index (χ0v) is 22.5. The van der Waals surface area contributed by atoms with E-state index < -0.39 is 51.8 Å². The highest BCUT2D eigenvalue weighted by Gasteiger charge is 2.73. The largest absolute Gasteiger partial charge is 0.462 e. The van der Waals surface area contributed by atoms with Crippen molar-refractivity contribution < 1.29 is 23.9 Å². The molecule has 0 aromatic heterocycles. The molecular weight excluding hydrogens is 539 g/mol. The Morgan fingerprint density at radius 1 is 0.821 bits per heavy atom. The van der Waals surface area contributed by atoms with E-state index in [1.807, 2.05) is 55.5 Å². The topological polar surface area (TPSA) is 92.8 Å². The zero-order valence-electron chi connectivity index (χ0n) is 20.9. The highest BCUT2D eigenvalue weighted by Crippen LogP contribution is 2.69. The van der Waals surface area contributed by atoms with E-state index in [1.54, 1.807) is 12.1 Å². The summed E-state index contributed by atoms with van der Waals surface area (Å²) in [5.41, 5.74) is 3.56. The van der Waals surface area contributed by atoms with Crippen LogP contribution < -0.4 is 5.32 Å². The van der Waals surface area contributed by atoms with Crippen LogP contribution in [0, 0.1) is 11.8 Å². The minimum Gasteiger partial charge on any atom is -0.462 e. The fourth-order valence-corrected chi connectivity index (χ4v) is 7.29. The van der Waals surface area contributed by atoms with Gasteiger partial charge in [-0.15, -0.1) is 23.2 Å². The van der Waals surface area contributed by atoms with Crippen LogP contribution in [-0.4, -0.2) is 41.7 Å². The minimum atomic E-state index is -1.30. The monoisotopic (exact) mass is 562 g/mol. The Hall–Kier alpha value is -3.68. The van der Waals surface area contributed by atoms with Gasteiger partial charge >= 0.3 is 5.97 Å². The molecule has 198 valence electrons. The maximum Gasteiger partial charge on any atom is 0.338 e. The van der Waals surface area contributed by atoms with Crippen LogP contribution in [0.5, 0.6) is 0 Å². The van der Waals surface area contributed by atoms with Gasteiger partial charge in [0.1, 0.15) is 16.3 Å². The van der Waals surface area contributed by atoms with Gasteiger partial charge in [0.25, 0.3) is 0 Å². The summed E-state index contributed by atoms with van der Waals surface area (Å²) in [6.45, 7) is 1.73. The van der Waals surface area contributed by atoms with E-state index in [0.717, 1.165) is 4.90 Å². The van der Waals surface area contributed by atoms with Gasteiger partial charge in [-0.05, 0) is 52.9 Å². The molecule has 3 aromatic rings. The minimum absolute atomic E-state index is 0.320. The maximum atomic E-state index is 13.8. The number of carbonyl (C=O) groups is 4. The molecule has 39 heavy (non-hydrogen) atoms. The van der Waals surface area contributed by atoms with E-state index in [0.29, 0.717) is 46.5 Å². The lowest BCUT2D eigenvalue weighted by Gasteiger charge is -2.54. The van der Waals surface area contributed by atoms with Gasteiger partial charge in [0.15, 0.2) is 0 Å². The fraction of sp³-hybridized carbons (Fsp3) is 0.267. The molecule has 3 amide bonds. The number of halogens is 2. The van der Waals surface area contributed by atoms with Gasteiger partial charge in [-0.1, -0.05) is 55.5 Å². The number of anilines is 1. The molecule has 4 aliphatic rings. The summed E-state index contributed by atoms with van der Waals surface area (Å²) in [4.78, 5) is 51.0. The molecule has 0 saturated carbocycles. The average molecular weight is 563 g/mol. The summed E-state index contributed by atoms with van der Waals surface area (Å²) in [5.74, 6) is -4.00. The fourth-order valence-electron chi connectivity index (χ4n) is 6.19. The van der Waals surface area contributed by atoms with Gasteiger partial charge in [-0.2, -0.15) is 0 Å². The van der Waals surface area contributed by atoms with Crippen molar-refractivity contribution in [2.24, 2.45) is 11.8 Å². The smallest absolute Gasteiger partial charge is 0.338 e. The Kier molecular flexibility index (Phi) is 6.04. The number of carbonyl (C=O) groups excluding carboxylic acids is 4. The van der Waals surface area contributed by atoms with Gasteiger partial charge < -0.3 is 10.1 Å². The lowest BCUT2D eigenvalue weighted by Crippen LogP contribution is -2.57. The number of likely N-dealkylation sites (tertiary alicyclic amines) is 1. The van der Waals surface area contributed by atoms with Gasteiger partial charge in [0.05, 0.1) is 24.0 Å². The van der Waals surface area contributed by atoms with E-state index in [2.05, 4.69) is 5.32 Å². The van der Waals surface area contributed by atoms with Crippen LogP contribution >= 0.6 is 23.2 Å². The van der Waals surface area contributed by atoms with Gasteiger partial charge in [-0.3, -0.25) is 19.3 Å². The third-order valence-electron chi connectivity index (χ3n) is 7.82. The number of nitrogens with zero attached hydrogens (tertiary/aromatic N) is 1. The zero-order chi connectivity index (χ0) is 27.5. The molecule has 7 nitrogen and oxygen atoms in total. The van der Waals surface area contributed by atoms with Crippen LogP contribution in [-0.2, 0) is 28.9 Å². The Morgan fingerprint density at radius 3 is 1.72 bits per heavy atom. The molecule has 7 rings (SSSR count). The van der Waals surface area contributed by atoms with Crippen molar-refractivity contribution in [2.45, 2.75) is 23.1 Å². The summed E-state index contributed by atoms with van der Waals surface area (Å²) in [5, 5.41) is 2.69. The predicted octanol–water partition coefficient (Wildman–Crippen LogP) is 4.79. The molecule has 0 radical (unpaired) electrons. The normalized spacial score (nSPS) is 26.1. The van der Waals surface area contributed by atoms with Gasteiger partial charge in [-0.25, -0.2) is 4.79 Å². The Balaban J connectivity index is 1.28. The van der Waals surface area contributed by atoms with Crippen molar-refractivity contribution >= 4 is 52.6 Å². The maximum absolute atomic E-state index is 13.8. The molecule has 2 atom stereocenters. The highest BCUT2D eigenvalue weighted by atomic mass is 35.5. The number of nitrogens with one attached hydrogen (secondary N) is 1. The third-order valence-corrected chi connectivity index (χ3v) is 9.10. The Bertz CT molecular complexity index is 1410. The lowest BCUT2D eigenvalue weighted by molar-refractivity contribution is -0.142. The average Bonchev–Trinajstić information content (AvgIpc) is 3.21. The molecule has 1 fully saturated rings. The van der Waals surface area contributed by atoms with Crippen molar-refractivity contribution in [1.29, 1.82) is 0 Å². The number of imide groups is 1. The van der Waals surface area contributed by atoms with E-state index in [4.69, 9.17) is 27.9 Å². The molecule has 9 heteroatoms. The lowest BCUT2D eigenvalue weighted by atomic mass is 9.54. The summed E-state index contributed by atoms with van der Waals surface area (Å²) in [7, 11) is 0. The van der Waals surface area contributed by atoms with E-state index in [-0.39, 0.29) is 0 Å². The molecule has 1 heterocycles. The number of benzene rings is 3. The first-order valence-corrected chi connectivity index (χ1v) is 13.5. The highest BCUT2D eigenvalue weighted by molar-refractivity contribution is 6.36. The molecule has 1 aliphatic heterocycles. The number of amides is 3. The molecule has 0 unspecified atom stereocenters. The van der Waals surface area contributed by atoms with Crippen molar-refractivity contribution in [2.75, 3.05) is 18.5 Å². The molecule has 1 saturated heterocycles. The Labute approximate surface area is 235 Å². The van der Waals surface area contributed by atoms with Crippen molar-refractivity contribution in [3.63, 3.8) is 0 Å². The first-order valence-electron chi connectivity index (χ1n) is 12.7. The number of alkyl halides is 2. The van der Waals surface area contributed by atoms with Gasteiger partial charge in [0, 0.05) is 5.69 Å². The SMILES string of the molecule is CCCOC(=O)c1ccc(NC(=O)CN2C(=O)[C@@H]3[C@H](C2=O)C2(Cl)c4ccccc4C3(Cl)c3ccccc32)cc1. The summed E-state index contributed by atoms with van der Waals surface area (Å²) >= 11 is 14.8.